The van der Waals surface area contributed by atoms with Gasteiger partial charge in [0, 0.05) is 14.1 Å². The van der Waals surface area contributed by atoms with Crippen LogP contribution < -0.4 is 16.0 Å². The number of nitrogens with one attached hydrogen (secondary N) is 1. The van der Waals surface area contributed by atoms with Gasteiger partial charge in [0.1, 0.15) is 0 Å². The van der Waals surface area contributed by atoms with Gasteiger partial charge in [0.15, 0.2) is 0 Å². The van der Waals surface area contributed by atoms with Crippen LogP contribution in [0.15, 0.2) is 18.2 Å². The summed E-state index contributed by atoms with van der Waals surface area (Å²) in [7, 11) is 3.66. The highest BCUT2D eigenvalue weighted by Gasteiger charge is 2.08. The highest BCUT2D eigenvalue weighted by atomic mass is 35.5. The summed E-state index contributed by atoms with van der Waals surface area (Å²) in [6.07, 6.45) is 0. The molecular weight excluding hydrogens is 264 g/mol. The van der Waals surface area contributed by atoms with Crippen LogP contribution in [-0.2, 0) is 0 Å². The molecule has 0 atom stereocenters. The molecular formula is C12H15ClN6. The fourth-order valence-corrected chi connectivity index (χ4v) is 1.76. The van der Waals surface area contributed by atoms with Crippen molar-refractivity contribution in [2.75, 3.05) is 30.0 Å². The number of nitrogens with two attached hydrogens (primary N) is 1. The maximum Gasteiger partial charge on any atom is 0.233 e. The summed E-state index contributed by atoms with van der Waals surface area (Å²) >= 11 is 6.15. The lowest BCUT2D eigenvalue weighted by Gasteiger charge is -2.12. The maximum atomic E-state index is 6.15. The van der Waals surface area contributed by atoms with Crippen LogP contribution in [0.4, 0.5) is 23.5 Å². The Hall–Kier alpha value is -2.08. The van der Waals surface area contributed by atoms with E-state index < -0.39 is 0 Å². The predicted molar refractivity (Wildman–Crippen MR) is 78.0 cm³/mol. The Kier molecular flexibility index (Phi) is 3.71. The Morgan fingerprint density at radius 1 is 1.21 bits per heavy atom. The highest BCUT2D eigenvalue weighted by Crippen LogP contribution is 2.25. The quantitative estimate of drug-likeness (QED) is 0.896. The van der Waals surface area contributed by atoms with Crippen molar-refractivity contribution < 1.29 is 0 Å². The number of aryl methyl sites for hydroxylation is 1. The first-order valence-corrected chi connectivity index (χ1v) is 6.05. The van der Waals surface area contributed by atoms with Crippen molar-refractivity contribution in [1.29, 1.82) is 0 Å². The molecule has 1 heterocycles. The van der Waals surface area contributed by atoms with E-state index in [2.05, 4.69) is 20.3 Å². The number of nitrogens with zero attached hydrogens (tertiary/aromatic N) is 4. The second kappa shape index (κ2) is 5.27. The Bertz CT molecular complexity index is 599. The third-order valence-corrected chi connectivity index (χ3v) is 2.72. The van der Waals surface area contributed by atoms with E-state index in [1.165, 1.54) is 0 Å². The van der Waals surface area contributed by atoms with Crippen LogP contribution in [-0.4, -0.2) is 29.0 Å². The van der Waals surface area contributed by atoms with Gasteiger partial charge in [-0.2, -0.15) is 15.0 Å². The average Bonchev–Trinajstić information content (AvgIpc) is 2.32. The van der Waals surface area contributed by atoms with Crippen LogP contribution in [0.5, 0.6) is 0 Å². The molecule has 2 aromatic rings. The molecule has 0 fully saturated rings. The fourth-order valence-electron chi connectivity index (χ4n) is 1.48. The van der Waals surface area contributed by atoms with E-state index in [1.54, 1.807) is 4.90 Å². The summed E-state index contributed by atoms with van der Waals surface area (Å²) in [5.41, 5.74) is 7.46. The minimum atomic E-state index is 0.157. The third kappa shape index (κ3) is 3.23. The molecule has 2 rings (SSSR count). The Labute approximate surface area is 116 Å². The van der Waals surface area contributed by atoms with Crippen LogP contribution in [0.1, 0.15) is 5.56 Å². The van der Waals surface area contributed by atoms with E-state index in [0.717, 1.165) is 11.3 Å². The third-order valence-electron chi connectivity index (χ3n) is 2.41. The van der Waals surface area contributed by atoms with Crippen LogP contribution >= 0.6 is 11.6 Å². The first-order valence-electron chi connectivity index (χ1n) is 5.68. The van der Waals surface area contributed by atoms with Gasteiger partial charge in [-0.05, 0) is 24.6 Å². The zero-order chi connectivity index (χ0) is 14.0. The predicted octanol–water partition coefficient (Wildman–Crippen LogP) is 2.23. The minimum absolute atomic E-state index is 0.157. The Balaban J connectivity index is 2.32. The van der Waals surface area contributed by atoms with E-state index in [-0.39, 0.29) is 5.95 Å². The van der Waals surface area contributed by atoms with Gasteiger partial charge in [0.25, 0.3) is 0 Å². The molecule has 1 aromatic heterocycles. The summed E-state index contributed by atoms with van der Waals surface area (Å²) in [5.74, 6) is 1.00. The van der Waals surface area contributed by atoms with E-state index in [4.69, 9.17) is 17.3 Å². The van der Waals surface area contributed by atoms with Crippen LogP contribution in [0.2, 0.25) is 5.02 Å². The standard InChI is InChI=1S/C12H15ClN6/c1-7-4-5-9(8(13)6-7)15-11-16-10(14)17-12(18-11)19(2)3/h4-6H,1-3H3,(H3,14,15,16,17,18). The topological polar surface area (TPSA) is 80.0 Å². The molecule has 0 spiro atoms. The van der Waals surface area contributed by atoms with Gasteiger partial charge in [-0.1, -0.05) is 17.7 Å². The van der Waals surface area contributed by atoms with Gasteiger partial charge < -0.3 is 16.0 Å². The number of hydrogen-bond donors (Lipinski definition) is 2. The first kappa shape index (κ1) is 13.4. The second-order valence-corrected chi connectivity index (χ2v) is 4.73. The summed E-state index contributed by atoms with van der Waals surface area (Å²) in [6, 6.07) is 5.68. The monoisotopic (exact) mass is 278 g/mol. The number of hydrogen-bond acceptors (Lipinski definition) is 6. The van der Waals surface area contributed by atoms with Gasteiger partial charge >= 0.3 is 0 Å². The molecule has 0 saturated heterocycles. The lowest BCUT2D eigenvalue weighted by molar-refractivity contribution is 0.969. The summed E-state index contributed by atoms with van der Waals surface area (Å²) in [6.45, 7) is 1.97. The van der Waals surface area contributed by atoms with E-state index in [9.17, 15) is 0 Å². The zero-order valence-corrected chi connectivity index (χ0v) is 11.7. The molecule has 1 aromatic carbocycles. The molecule has 0 aliphatic carbocycles. The van der Waals surface area contributed by atoms with Gasteiger partial charge in [-0.15, -0.1) is 0 Å². The largest absolute Gasteiger partial charge is 0.368 e. The average molecular weight is 279 g/mol. The lowest BCUT2D eigenvalue weighted by atomic mass is 10.2. The highest BCUT2D eigenvalue weighted by molar-refractivity contribution is 6.33. The molecule has 0 bridgehead atoms. The molecule has 0 radical (unpaired) electrons. The molecule has 7 heteroatoms. The maximum absolute atomic E-state index is 6.15. The van der Waals surface area contributed by atoms with Crippen molar-refractivity contribution in [3.63, 3.8) is 0 Å². The van der Waals surface area contributed by atoms with E-state index in [0.29, 0.717) is 16.9 Å². The number of anilines is 4. The Morgan fingerprint density at radius 3 is 2.58 bits per heavy atom. The van der Waals surface area contributed by atoms with Crippen LogP contribution in [0.25, 0.3) is 0 Å². The molecule has 6 nitrogen and oxygen atoms in total. The SMILES string of the molecule is Cc1ccc(Nc2nc(N)nc(N(C)C)n2)c(Cl)c1. The van der Waals surface area contributed by atoms with Crippen molar-refractivity contribution in [2.24, 2.45) is 0 Å². The molecule has 0 unspecified atom stereocenters. The molecule has 3 N–H and O–H groups in total. The number of benzene rings is 1. The lowest BCUT2D eigenvalue weighted by Crippen LogP contribution is -2.15. The molecule has 0 aliphatic rings. The van der Waals surface area contributed by atoms with E-state index >= 15 is 0 Å². The first-order chi connectivity index (χ1) is 8.95. The van der Waals surface area contributed by atoms with Crippen molar-refractivity contribution in [2.45, 2.75) is 6.92 Å². The summed E-state index contributed by atoms with van der Waals surface area (Å²) in [4.78, 5) is 14.1. The molecule has 0 amide bonds. The number of halogens is 1. The van der Waals surface area contributed by atoms with Crippen LogP contribution in [0.3, 0.4) is 0 Å². The number of nitrogen functional groups attached to an aromatic ring is 1. The molecule has 100 valence electrons. The smallest absolute Gasteiger partial charge is 0.233 e. The summed E-state index contributed by atoms with van der Waals surface area (Å²) in [5, 5.41) is 3.64. The van der Waals surface area contributed by atoms with Gasteiger partial charge in [-0.25, -0.2) is 0 Å². The fraction of sp³-hybridized carbons (Fsp3) is 0.250. The van der Waals surface area contributed by atoms with Gasteiger partial charge in [0.2, 0.25) is 17.8 Å². The van der Waals surface area contributed by atoms with Crippen LogP contribution in [0, 0.1) is 6.92 Å². The van der Waals surface area contributed by atoms with Crippen molar-refractivity contribution in [3.05, 3.63) is 28.8 Å². The molecule has 0 aliphatic heterocycles. The normalized spacial score (nSPS) is 10.3. The zero-order valence-electron chi connectivity index (χ0n) is 11.0. The second-order valence-electron chi connectivity index (χ2n) is 4.32. The van der Waals surface area contributed by atoms with Gasteiger partial charge in [0.05, 0.1) is 10.7 Å². The number of aromatic nitrogens is 3. The van der Waals surface area contributed by atoms with Crippen molar-refractivity contribution in [3.8, 4) is 0 Å². The van der Waals surface area contributed by atoms with Gasteiger partial charge in [-0.3, -0.25) is 0 Å². The number of rotatable bonds is 3. The minimum Gasteiger partial charge on any atom is -0.368 e. The summed E-state index contributed by atoms with van der Waals surface area (Å²) < 4.78 is 0. The molecule has 19 heavy (non-hydrogen) atoms. The van der Waals surface area contributed by atoms with Crippen molar-refractivity contribution >= 4 is 35.1 Å². The molecule has 0 saturated carbocycles. The Morgan fingerprint density at radius 2 is 1.95 bits per heavy atom. The van der Waals surface area contributed by atoms with Crippen molar-refractivity contribution in [1.82, 2.24) is 15.0 Å². The van der Waals surface area contributed by atoms with E-state index in [1.807, 2.05) is 39.2 Å².